The molecule has 0 radical (unpaired) electrons. The Morgan fingerprint density at radius 3 is 2.69 bits per heavy atom. The summed E-state index contributed by atoms with van der Waals surface area (Å²) >= 11 is 1.26. The summed E-state index contributed by atoms with van der Waals surface area (Å²) in [5.74, 6) is 0. The predicted molar refractivity (Wildman–Crippen MR) is 64.9 cm³/mol. The molecular formula is C10H17NO3S2. The summed E-state index contributed by atoms with van der Waals surface area (Å²) in [7, 11) is -1.89. The first-order chi connectivity index (χ1) is 7.45. The number of rotatable bonds is 5. The minimum Gasteiger partial charge on any atom is -0.391 e. The fraction of sp³-hybridized carbons (Fsp3) is 0.600. The van der Waals surface area contributed by atoms with Crippen molar-refractivity contribution in [1.82, 2.24) is 4.31 Å². The second-order valence-electron chi connectivity index (χ2n) is 3.64. The van der Waals surface area contributed by atoms with Crippen LogP contribution in [0.15, 0.2) is 16.3 Å². The zero-order valence-electron chi connectivity index (χ0n) is 9.67. The lowest BCUT2D eigenvalue weighted by molar-refractivity contribution is 0.282. The summed E-state index contributed by atoms with van der Waals surface area (Å²) in [6.45, 7) is 3.57. The van der Waals surface area contributed by atoms with Crippen molar-refractivity contribution in [3.8, 4) is 0 Å². The van der Waals surface area contributed by atoms with Crippen molar-refractivity contribution >= 4 is 21.4 Å². The molecule has 0 amide bonds. The second kappa shape index (κ2) is 5.27. The first-order valence-electron chi connectivity index (χ1n) is 5.10. The minimum atomic E-state index is -3.47. The van der Waals surface area contributed by atoms with Gasteiger partial charge in [0.1, 0.15) is 0 Å². The molecule has 6 heteroatoms. The van der Waals surface area contributed by atoms with Gasteiger partial charge in [0.15, 0.2) is 0 Å². The Morgan fingerprint density at radius 2 is 2.19 bits per heavy atom. The molecule has 1 heterocycles. The molecule has 0 saturated heterocycles. The van der Waals surface area contributed by atoms with Crippen LogP contribution in [0.5, 0.6) is 0 Å². The Hall–Kier alpha value is -0.430. The molecule has 1 aromatic heterocycles. The van der Waals surface area contributed by atoms with Crippen LogP contribution in [-0.2, 0) is 16.6 Å². The Morgan fingerprint density at radius 1 is 1.56 bits per heavy atom. The molecule has 0 aliphatic heterocycles. The molecule has 1 rings (SSSR count). The molecule has 0 spiro atoms. The van der Waals surface area contributed by atoms with E-state index in [0.717, 1.165) is 6.42 Å². The summed E-state index contributed by atoms with van der Waals surface area (Å²) in [5, 5.41) is 10.8. The number of nitrogens with zero attached hydrogens (tertiary/aromatic N) is 1. The van der Waals surface area contributed by atoms with Gasteiger partial charge in [-0.2, -0.15) is 4.31 Å². The van der Waals surface area contributed by atoms with Crippen LogP contribution in [0, 0.1) is 0 Å². The maximum absolute atomic E-state index is 12.2. The van der Waals surface area contributed by atoms with Crippen molar-refractivity contribution < 1.29 is 13.5 Å². The van der Waals surface area contributed by atoms with Gasteiger partial charge in [0.25, 0.3) is 0 Å². The van der Waals surface area contributed by atoms with E-state index in [1.54, 1.807) is 18.5 Å². The van der Waals surface area contributed by atoms with Crippen LogP contribution >= 0.6 is 11.3 Å². The van der Waals surface area contributed by atoms with E-state index in [0.29, 0.717) is 4.88 Å². The lowest BCUT2D eigenvalue weighted by Gasteiger charge is -2.23. The fourth-order valence-corrected chi connectivity index (χ4v) is 4.02. The molecule has 0 aromatic carbocycles. The molecule has 0 bridgehead atoms. The largest absolute Gasteiger partial charge is 0.391 e. The summed E-state index contributed by atoms with van der Waals surface area (Å²) in [6, 6.07) is 1.50. The number of aliphatic hydroxyl groups is 1. The topological polar surface area (TPSA) is 57.6 Å². The third kappa shape index (κ3) is 2.45. The average Bonchev–Trinajstić information content (AvgIpc) is 2.75. The number of aliphatic hydroxyl groups excluding tert-OH is 1. The van der Waals surface area contributed by atoms with Gasteiger partial charge in [-0.25, -0.2) is 8.42 Å². The van der Waals surface area contributed by atoms with E-state index < -0.39 is 10.0 Å². The summed E-state index contributed by atoms with van der Waals surface area (Å²) in [5.41, 5.74) is 0. The summed E-state index contributed by atoms with van der Waals surface area (Å²) < 4.78 is 25.7. The normalized spacial score (nSPS) is 14.3. The third-order valence-electron chi connectivity index (χ3n) is 2.72. The highest BCUT2D eigenvalue weighted by atomic mass is 32.2. The zero-order valence-corrected chi connectivity index (χ0v) is 11.3. The van der Waals surface area contributed by atoms with Crippen molar-refractivity contribution in [2.24, 2.45) is 0 Å². The SMILES string of the molecule is CCC(C)N(C)S(=O)(=O)c1ccsc1CO. The molecule has 0 fully saturated rings. The van der Waals surface area contributed by atoms with Crippen molar-refractivity contribution in [2.45, 2.75) is 37.8 Å². The van der Waals surface area contributed by atoms with Gasteiger partial charge in [-0.1, -0.05) is 6.92 Å². The highest BCUT2D eigenvalue weighted by Crippen LogP contribution is 2.25. The van der Waals surface area contributed by atoms with Gasteiger partial charge < -0.3 is 5.11 Å². The highest BCUT2D eigenvalue weighted by Gasteiger charge is 2.27. The Labute approximate surface area is 101 Å². The Bertz CT molecular complexity index is 439. The molecule has 92 valence electrons. The van der Waals surface area contributed by atoms with Crippen molar-refractivity contribution in [3.05, 3.63) is 16.3 Å². The van der Waals surface area contributed by atoms with Crippen molar-refractivity contribution in [3.63, 3.8) is 0 Å². The van der Waals surface area contributed by atoms with E-state index >= 15 is 0 Å². The van der Waals surface area contributed by atoms with Crippen LogP contribution in [-0.4, -0.2) is 30.9 Å². The summed E-state index contributed by atoms with van der Waals surface area (Å²) in [6.07, 6.45) is 0.758. The number of hydrogen-bond acceptors (Lipinski definition) is 4. The molecule has 0 saturated carbocycles. The lowest BCUT2D eigenvalue weighted by Crippen LogP contribution is -2.34. The maximum atomic E-state index is 12.2. The molecule has 0 aliphatic carbocycles. The molecule has 1 aromatic rings. The van der Waals surface area contributed by atoms with Crippen LogP contribution in [0.2, 0.25) is 0 Å². The highest BCUT2D eigenvalue weighted by molar-refractivity contribution is 7.89. The van der Waals surface area contributed by atoms with Gasteiger partial charge in [-0.3, -0.25) is 0 Å². The predicted octanol–water partition coefficient (Wildman–Crippen LogP) is 1.66. The zero-order chi connectivity index (χ0) is 12.3. The van der Waals surface area contributed by atoms with Crippen LogP contribution in [0.1, 0.15) is 25.1 Å². The van der Waals surface area contributed by atoms with Gasteiger partial charge >= 0.3 is 0 Å². The van der Waals surface area contributed by atoms with Crippen LogP contribution in [0.25, 0.3) is 0 Å². The van der Waals surface area contributed by atoms with Gasteiger partial charge in [0.05, 0.1) is 11.5 Å². The third-order valence-corrected chi connectivity index (χ3v) is 5.81. The molecule has 1 atom stereocenters. The Balaban J connectivity index is 3.12. The molecular weight excluding hydrogens is 246 g/mol. The first-order valence-corrected chi connectivity index (χ1v) is 7.42. The van der Waals surface area contributed by atoms with E-state index in [1.165, 1.54) is 15.6 Å². The van der Waals surface area contributed by atoms with Gasteiger partial charge in [-0.15, -0.1) is 11.3 Å². The fourth-order valence-electron chi connectivity index (χ4n) is 1.32. The molecule has 0 aliphatic rings. The number of hydrogen-bond donors (Lipinski definition) is 1. The molecule has 4 nitrogen and oxygen atoms in total. The second-order valence-corrected chi connectivity index (χ2v) is 6.61. The van der Waals surface area contributed by atoms with Gasteiger partial charge in [-0.05, 0) is 24.8 Å². The van der Waals surface area contributed by atoms with E-state index in [9.17, 15) is 8.42 Å². The van der Waals surface area contributed by atoms with E-state index in [2.05, 4.69) is 0 Å². The minimum absolute atomic E-state index is 0.0450. The quantitative estimate of drug-likeness (QED) is 0.879. The monoisotopic (exact) mass is 263 g/mol. The van der Waals surface area contributed by atoms with E-state index in [4.69, 9.17) is 5.11 Å². The van der Waals surface area contributed by atoms with E-state index in [-0.39, 0.29) is 17.5 Å². The smallest absolute Gasteiger partial charge is 0.244 e. The van der Waals surface area contributed by atoms with E-state index in [1.807, 2.05) is 13.8 Å². The van der Waals surface area contributed by atoms with Crippen LogP contribution < -0.4 is 0 Å². The molecule has 1 unspecified atom stereocenters. The average molecular weight is 263 g/mol. The van der Waals surface area contributed by atoms with Crippen molar-refractivity contribution in [2.75, 3.05) is 7.05 Å². The van der Waals surface area contributed by atoms with Gasteiger partial charge in [0.2, 0.25) is 10.0 Å². The van der Waals surface area contributed by atoms with Crippen molar-refractivity contribution in [1.29, 1.82) is 0 Å². The number of thiophene rings is 1. The Kier molecular flexibility index (Phi) is 4.49. The van der Waals surface area contributed by atoms with Crippen LogP contribution in [0.3, 0.4) is 0 Å². The standard InChI is InChI=1S/C10H17NO3S2/c1-4-8(2)11(3)16(13,14)10-5-6-15-9(10)7-12/h5-6,8,12H,4,7H2,1-3H3. The first kappa shape index (κ1) is 13.6. The molecule has 1 N–H and O–H groups in total. The van der Waals surface area contributed by atoms with Gasteiger partial charge in [0, 0.05) is 18.0 Å². The molecule has 16 heavy (non-hydrogen) atoms. The lowest BCUT2D eigenvalue weighted by atomic mass is 10.3. The maximum Gasteiger partial charge on any atom is 0.244 e. The van der Waals surface area contributed by atoms with Crippen LogP contribution in [0.4, 0.5) is 0 Å². The summed E-state index contributed by atoms with van der Waals surface area (Å²) in [4.78, 5) is 0.720. The number of sulfonamides is 1.